The molecule has 5 nitrogen and oxygen atoms in total. The molecule has 43 heavy (non-hydrogen) atoms. The Morgan fingerprint density at radius 2 is 1.77 bits per heavy atom. The number of unbranched alkanes of at least 4 members (excludes halogenated alkanes) is 5. The Balaban J connectivity index is 1.24. The van der Waals surface area contributed by atoms with Crippen LogP contribution in [0.25, 0.3) is 0 Å². The summed E-state index contributed by atoms with van der Waals surface area (Å²) in [5, 5.41) is 30.3. The van der Waals surface area contributed by atoms with Crippen LogP contribution in [0.3, 0.4) is 0 Å². The highest BCUT2D eigenvalue weighted by Crippen LogP contribution is 2.63. The molecule has 0 heterocycles. The number of alkyl halides is 1. The number of carbonyl (C=O) groups is 1. The quantitative estimate of drug-likeness (QED) is 0.247. The second-order valence-corrected chi connectivity index (χ2v) is 13.8. The highest BCUT2D eigenvalue weighted by Gasteiger charge is 2.59. The summed E-state index contributed by atoms with van der Waals surface area (Å²) in [6, 6.07) is 14.5. The first kappa shape index (κ1) is 31.5. The fraction of sp³-hybridized carbons (Fsp3) is 0.622. The number of hydrogen-bond acceptors (Lipinski definition) is 4. The molecule has 2 aromatic carbocycles. The van der Waals surface area contributed by atoms with Crippen LogP contribution in [0.15, 0.2) is 42.5 Å². The highest BCUT2D eigenvalue weighted by molar-refractivity contribution is 5.94. The lowest BCUT2D eigenvalue weighted by atomic mass is 9.51. The van der Waals surface area contributed by atoms with Crippen molar-refractivity contribution in [3.63, 3.8) is 0 Å². The van der Waals surface area contributed by atoms with E-state index < -0.39 is 12.3 Å². The minimum Gasteiger partial charge on any atom is -0.508 e. The molecule has 0 radical (unpaired) electrons. The summed E-state index contributed by atoms with van der Waals surface area (Å²) in [7, 11) is 0. The Hall–Kier alpha value is -2.91. The van der Waals surface area contributed by atoms with Crippen LogP contribution in [0, 0.1) is 34.5 Å². The predicted molar refractivity (Wildman–Crippen MR) is 168 cm³/mol. The molecule has 1 amide bonds. The smallest absolute Gasteiger partial charge is 0.253 e. The number of phenols is 1. The minimum absolute atomic E-state index is 0.0304. The Morgan fingerprint density at radius 3 is 2.47 bits per heavy atom. The number of nitrogens with zero attached hydrogens (tertiary/aromatic N) is 2. The van der Waals surface area contributed by atoms with E-state index in [1.54, 1.807) is 30.3 Å². The monoisotopic (exact) mass is 588 g/mol. The number of benzene rings is 2. The number of halogens is 1. The zero-order valence-electron chi connectivity index (χ0n) is 26.0. The van der Waals surface area contributed by atoms with Gasteiger partial charge >= 0.3 is 0 Å². The summed E-state index contributed by atoms with van der Waals surface area (Å²) >= 11 is 0. The first-order valence-corrected chi connectivity index (χ1v) is 16.7. The van der Waals surface area contributed by atoms with Gasteiger partial charge in [0.25, 0.3) is 5.91 Å². The van der Waals surface area contributed by atoms with E-state index in [-0.39, 0.29) is 28.9 Å². The van der Waals surface area contributed by atoms with Gasteiger partial charge in [-0.2, -0.15) is 5.26 Å². The van der Waals surface area contributed by atoms with Crippen LogP contribution in [0.4, 0.5) is 4.39 Å². The number of aliphatic hydroxyl groups excluding tert-OH is 1. The van der Waals surface area contributed by atoms with E-state index in [9.17, 15) is 15.0 Å². The average Bonchev–Trinajstić information content (AvgIpc) is 3.30. The fourth-order valence-electron chi connectivity index (χ4n) is 8.83. The molecule has 3 aliphatic carbocycles. The maximum absolute atomic E-state index is 16.0. The number of fused-ring (bicyclic) bond motifs is 5. The van der Waals surface area contributed by atoms with Gasteiger partial charge in [0.15, 0.2) is 0 Å². The molecule has 6 unspecified atom stereocenters. The molecule has 7 atom stereocenters. The molecule has 232 valence electrons. The van der Waals surface area contributed by atoms with Crippen molar-refractivity contribution in [3.05, 3.63) is 64.7 Å². The van der Waals surface area contributed by atoms with Crippen LogP contribution >= 0.6 is 0 Å². The lowest BCUT2D eigenvalue weighted by Gasteiger charge is -2.54. The third kappa shape index (κ3) is 6.63. The number of aliphatic hydroxyl groups is 1. The van der Waals surface area contributed by atoms with Crippen molar-refractivity contribution >= 4 is 5.91 Å². The zero-order valence-corrected chi connectivity index (χ0v) is 26.0. The van der Waals surface area contributed by atoms with Gasteiger partial charge in [0, 0.05) is 24.6 Å². The molecule has 0 bridgehead atoms. The van der Waals surface area contributed by atoms with E-state index in [0.717, 1.165) is 81.9 Å². The summed E-state index contributed by atoms with van der Waals surface area (Å²) < 4.78 is 16.0. The molecule has 2 fully saturated rings. The molecular formula is C37H49FN2O3. The van der Waals surface area contributed by atoms with E-state index >= 15 is 4.39 Å². The van der Waals surface area contributed by atoms with Crippen LogP contribution in [0.2, 0.25) is 0 Å². The normalized spacial score (nSPS) is 29.3. The Morgan fingerprint density at radius 1 is 1.05 bits per heavy atom. The van der Waals surface area contributed by atoms with Crippen LogP contribution in [0.1, 0.15) is 117 Å². The Kier molecular flexibility index (Phi) is 10.1. The van der Waals surface area contributed by atoms with E-state index in [4.69, 9.17) is 5.26 Å². The van der Waals surface area contributed by atoms with E-state index in [0.29, 0.717) is 35.9 Å². The summed E-state index contributed by atoms with van der Waals surface area (Å²) in [6.07, 6.45) is 9.89. The predicted octanol–water partition coefficient (Wildman–Crippen LogP) is 7.94. The topological polar surface area (TPSA) is 84.6 Å². The third-order valence-corrected chi connectivity index (χ3v) is 11.1. The standard InChI is InChI=1S/C37H49FN2O3/c1-3-4-5-8-19-40(36(43)26-13-11-25(24-39)12-14-26)20-9-6-7-10-27-21-28-22-29(41)15-16-30(28)35-32(38)23-37(2)31(34(27)35)17-18-33(37)42/h11-16,22,27,31-35,41-42H,3-10,17-21,23H2,1-2H3/t27?,31?,32?,33?,34?,35?,37-/m0/s1. The molecule has 6 heteroatoms. The van der Waals surface area contributed by atoms with E-state index in [2.05, 4.69) is 19.9 Å². The fourth-order valence-corrected chi connectivity index (χ4v) is 8.83. The Labute approximate surface area is 257 Å². The second kappa shape index (κ2) is 13.8. The first-order chi connectivity index (χ1) is 20.8. The van der Waals surface area contributed by atoms with Crippen molar-refractivity contribution < 1.29 is 19.4 Å². The van der Waals surface area contributed by atoms with Crippen molar-refractivity contribution in [1.82, 2.24) is 4.90 Å². The molecule has 0 saturated heterocycles. The summed E-state index contributed by atoms with van der Waals surface area (Å²) in [4.78, 5) is 15.4. The Bertz CT molecular complexity index is 1290. The molecular weight excluding hydrogens is 539 g/mol. The van der Waals surface area contributed by atoms with Gasteiger partial charge in [-0.15, -0.1) is 0 Å². The van der Waals surface area contributed by atoms with Crippen LogP contribution in [-0.4, -0.2) is 46.4 Å². The maximum Gasteiger partial charge on any atom is 0.253 e. The lowest BCUT2D eigenvalue weighted by molar-refractivity contribution is -0.0722. The molecule has 0 aliphatic heterocycles. The van der Waals surface area contributed by atoms with Crippen LogP contribution in [0.5, 0.6) is 5.75 Å². The highest BCUT2D eigenvalue weighted by atomic mass is 19.1. The van der Waals surface area contributed by atoms with Crippen LogP contribution in [-0.2, 0) is 6.42 Å². The largest absolute Gasteiger partial charge is 0.508 e. The first-order valence-electron chi connectivity index (χ1n) is 16.7. The molecule has 2 aromatic rings. The van der Waals surface area contributed by atoms with Crippen LogP contribution < -0.4 is 0 Å². The van der Waals surface area contributed by atoms with E-state index in [1.807, 2.05) is 17.0 Å². The van der Waals surface area contributed by atoms with Gasteiger partial charge in [-0.1, -0.05) is 52.0 Å². The van der Waals surface area contributed by atoms with Gasteiger partial charge in [0.2, 0.25) is 0 Å². The maximum atomic E-state index is 16.0. The summed E-state index contributed by atoms with van der Waals surface area (Å²) in [5.74, 6) is 0.947. The SMILES string of the molecule is CCCCCCN(CCCCCC1Cc2cc(O)ccc2C2C(F)C[C@]3(C)C(O)CCC3C12)C(=O)c1ccc(C#N)cc1. The van der Waals surface area contributed by atoms with Crippen molar-refractivity contribution in [3.8, 4) is 11.8 Å². The zero-order chi connectivity index (χ0) is 30.6. The van der Waals surface area contributed by atoms with Gasteiger partial charge in [-0.05, 0) is 116 Å². The lowest BCUT2D eigenvalue weighted by Crippen LogP contribution is -2.51. The number of carbonyl (C=O) groups excluding carboxylic acids is 1. The van der Waals surface area contributed by atoms with Gasteiger partial charge in [-0.3, -0.25) is 4.79 Å². The summed E-state index contributed by atoms with van der Waals surface area (Å²) in [6.45, 7) is 5.75. The molecule has 5 rings (SSSR count). The van der Waals surface area contributed by atoms with Crippen molar-refractivity contribution in [1.29, 1.82) is 5.26 Å². The van der Waals surface area contributed by atoms with Gasteiger partial charge in [0.1, 0.15) is 11.9 Å². The number of nitriles is 1. The van der Waals surface area contributed by atoms with Crippen molar-refractivity contribution in [2.45, 2.75) is 109 Å². The number of rotatable bonds is 12. The second-order valence-electron chi connectivity index (χ2n) is 13.8. The minimum atomic E-state index is -0.986. The van der Waals surface area contributed by atoms with Gasteiger partial charge in [0.05, 0.1) is 17.7 Å². The molecule has 3 aliphatic rings. The average molecular weight is 589 g/mol. The third-order valence-electron chi connectivity index (χ3n) is 11.1. The molecule has 2 saturated carbocycles. The number of phenolic OH excluding ortho intramolecular Hbond substituents is 1. The van der Waals surface area contributed by atoms with E-state index in [1.165, 1.54) is 6.42 Å². The van der Waals surface area contributed by atoms with Crippen molar-refractivity contribution in [2.75, 3.05) is 13.1 Å². The van der Waals surface area contributed by atoms with Gasteiger partial charge < -0.3 is 15.1 Å². The number of aromatic hydroxyl groups is 1. The molecule has 0 spiro atoms. The van der Waals surface area contributed by atoms with Crippen molar-refractivity contribution in [2.24, 2.45) is 23.2 Å². The van der Waals surface area contributed by atoms with Gasteiger partial charge in [-0.25, -0.2) is 4.39 Å². The number of hydrogen-bond donors (Lipinski definition) is 2. The number of amides is 1. The molecule has 0 aromatic heterocycles. The molecule has 2 N–H and O–H groups in total. The summed E-state index contributed by atoms with van der Waals surface area (Å²) in [5.41, 5.74) is 2.97.